The molecule has 3 aromatic rings. The minimum Gasteiger partial charge on any atom is -0.338 e. The van der Waals surface area contributed by atoms with Gasteiger partial charge in [0.15, 0.2) is 0 Å². The van der Waals surface area contributed by atoms with Gasteiger partial charge in [-0.25, -0.2) is 4.79 Å². The van der Waals surface area contributed by atoms with E-state index in [1.165, 1.54) is 29.2 Å². The average Bonchev–Trinajstić information content (AvgIpc) is 2.83. The number of carbonyl (C=O) groups excluding carboxylic acids is 1. The van der Waals surface area contributed by atoms with E-state index in [1.807, 2.05) is 0 Å². The van der Waals surface area contributed by atoms with Crippen molar-refractivity contribution in [3.63, 3.8) is 0 Å². The van der Waals surface area contributed by atoms with Crippen LogP contribution < -0.4 is 10.6 Å². The summed E-state index contributed by atoms with van der Waals surface area (Å²) in [5.74, 6) is 0.741. The fraction of sp³-hybridized carbons (Fsp3) is 0.333. The molecule has 5 heteroatoms. The summed E-state index contributed by atoms with van der Waals surface area (Å²) in [4.78, 5) is 14.6. The first-order chi connectivity index (χ1) is 15.7. The predicted octanol–water partition coefficient (Wildman–Crippen LogP) is 5.18. The molecule has 0 aromatic heterocycles. The standard InChI is InChI=1S/C27H30N4O/c28-20-22-6-3-10-25(19-22)30-27(32)29-14-5-15-31-16-12-21(13-17-31)18-24-9-4-8-23-7-1-2-11-26(23)24/h1-4,6-11,19,21H,5,12-18H2,(H2,29,30,32). The molecule has 0 aliphatic carbocycles. The molecular formula is C27H30N4O. The molecule has 4 rings (SSSR count). The molecule has 2 amide bonds. The van der Waals surface area contributed by atoms with Crippen LogP contribution in [-0.4, -0.2) is 37.1 Å². The van der Waals surface area contributed by atoms with Gasteiger partial charge in [-0.05, 0) is 85.8 Å². The number of piperidine rings is 1. The van der Waals surface area contributed by atoms with Gasteiger partial charge < -0.3 is 15.5 Å². The van der Waals surface area contributed by atoms with Gasteiger partial charge >= 0.3 is 6.03 Å². The lowest BCUT2D eigenvalue weighted by Gasteiger charge is -2.32. The number of hydrogen-bond donors (Lipinski definition) is 2. The van der Waals surface area contributed by atoms with Crippen molar-refractivity contribution in [2.75, 3.05) is 31.5 Å². The molecule has 1 aliphatic heterocycles. The number of carbonyl (C=O) groups is 1. The molecule has 164 valence electrons. The predicted molar refractivity (Wildman–Crippen MR) is 130 cm³/mol. The number of nitrogens with one attached hydrogen (secondary N) is 2. The molecule has 1 fully saturated rings. The molecule has 32 heavy (non-hydrogen) atoms. The number of amides is 2. The van der Waals surface area contributed by atoms with E-state index < -0.39 is 0 Å². The molecule has 0 spiro atoms. The fourth-order valence-electron chi connectivity index (χ4n) is 4.54. The Morgan fingerprint density at radius 3 is 2.66 bits per heavy atom. The van der Waals surface area contributed by atoms with Crippen LogP contribution in [0.3, 0.4) is 0 Å². The number of rotatable bonds is 7. The maximum absolute atomic E-state index is 12.1. The van der Waals surface area contributed by atoms with Gasteiger partial charge in [-0.3, -0.25) is 0 Å². The van der Waals surface area contributed by atoms with E-state index in [-0.39, 0.29) is 6.03 Å². The summed E-state index contributed by atoms with van der Waals surface area (Å²) in [5.41, 5.74) is 2.64. The van der Waals surface area contributed by atoms with E-state index in [0.29, 0.717) is 17.8 Å². The zero-order valence-corrected chi connectivity index (χ0v) is 18.4. The van der Waals surface area contributed by atoms with Crippen molar-refractivity contribution in [3.05, 3.63) is 77.9 Å². The van der Waals surface area contributed by atoms with Crippen molar-refractivity contribution in [3.8, 4) is 6.07 Å². The van der Waals surface area contributed by atoms with Crippen molar-refractivity contribution in [2.45, 2.75) is 25.7 Å². The van der Waals surface area contributed by atoms with Crippen LogP contribution in [0.25, 0.3) is 10.8 Å². The Kier molecular flexibility index (Phi) is 7.37. The van der Waals surface area contributed by atoms with Gasteiger partial charge in [0.2, 0.25) is 0 Å². The molecule has 0 radical (unpaired) electrons. The lowest BCUT2D eigenvalue weighted by atomic mass is 9.88. The minimum absolute atomic E-state index is 0.228. The van der Waals surface area contributed by atoms with Crippen molar-refractivity contribution < 1.29 is 4.79 Å². The second-order valence-corrected chi connectivity index (χ2v) is 8.55. The Balaban J connectivity index is 1.15. The van der Waals surface area contributed by atoms with E-state index in [4.69, 9.17) is 5.26 Å². The number of nitriles is 1. The van der Waals surface area contributed by atoms with Gasteiger partial charge in [-0.2, -0.15) is 5.26 Å². The summed E-state index contributed by atoms with van der Waals surface area (Å²) in [6, 6.07) is 24.1. The molecule has 5 nitrogen and oxygen atoms in total. The van der Waals surface area contributed by atoms with E-state index >= 15 is 0 Å². The van der Waals surface area contributed by atoms with Crippen molar-refractivity contribution in [1.29, 1.82) is 5.26 Å². The van der Waals surface area contributed by atoms with E-state index in [1.54, 1.807) is 24.3 Å². The van der Waals surface area contributed by atoms with E-state index in [9.17, 15) is 4.79 Å². The smallest absolute Gasteiger partial charge is 0.319 e. The van der Waals surface area contributed by atoms with Crippen molar-refractivity contribution >= 4 is 22.5 Å². The lowest BCUT2D eigenvalue weighted by molar-refractivity contribution is 0.182. The molecular weight excluding hydrogens is 396 g/mol. The Hall–Kier alpha value is -3.36. The van der Waals surface area contributed by atoms with Crippen LogP contribution in [0.5, 0.6) is 0 Å². The van der Waals surface area contributed by atoms with Crippen molar-refractivity contribution in [1.82, 2.24) is 10.2 Å². The zero-order chi connectivity index (χ0) is 22.2. The number of anilines is 1. The van der Waals surface area contributed by atoms with E-state index in [2.05, 4.69) is 64.1 Å². The topological polar surface area (TPSA) is 68.2 Å². The van der Waals surface area contributed by atoms with Crippen LogP contribution in [0, 0.1) is 17.2 Å². The molecule has 0 atom stereocenters. The molecule has 1 aliphatic rings. The Morgan fingerprint density at radius 1 is 1.03 bits per heavy atom. The fourth-order valence-corrected chi connectivity index (χ4v) is 4.54. The molecule has 0 saturated carbocycles. The molecule has 3 aromatic carbocycles. The van der Waals surface area contributed by atoms with Crippen LogP contribution >= 0.6 is 0 Å². The van der Waals surface area contributed by atoms with Crippen LogP contribution in [0.2, 0.25) is 0 Å². The Labute approximate surface area is 190 Å². The van der Waals surface area contributed by atoms with Crippen LogP contribution in [-0.2, 0) is 6.42 Å². The Bertz CT molecular complexity index is 1090. The molecule has 1 saturated heterocycles. The third-order valence-corrected chi connectivity index (χ3v) is 6.28. The number of likely N-dealkylation sites (tertiary alicyclic amines) is 1. The summed E-state index contributed by atoms with van der Waals surface area (Å²) >= 11 is 0. The Morgan fingerprint density at radius 2 is 1.81 bits per heavy atom. The number of nitrogens with zero attached hydrogens (tertiary/aromatic N) is 2. The van der Waals surface area contributed by atoms with Crippen LogP contribution in [0.1, 0.15) is 30.4 Å². The number of fused-ring (bicyclic) bond motifs is 1. The quantitative estimate of drug-likeness (QED) is 0.512. The summed E-state index contributed by atoms with van der Waals surface area (Å²) in [7, 11) is 0. The van der Waals surface area contributed by atoms with E-state index in [0.717, 1.165) is 38.4 Å². The first kappa shape index (κ1) is 21.9. The first-order valence-electron chi connectivity index (χ1n) is 11.5. The normalized spacial score (nSPS) is 14.7. The monoisotopic (exact) mass is 426 g/mol. The van der Waals surface area contributed by atoms with Crippen LogP contribution in [0.4, 0.5) is 10.5 Å². The van der Waals surface area contributed by atoms with Gasteiger partial charge in [-0.15, -0.1) is 0 Å². The first-order valence-corrected chi connectivity index (χ1v) is 11.5. The second-order valence-electron chi connectivity index (χ2n) is 8.55. The molecule has 1 heterocycles. The summed E-state index contributed by atoms with van der Waals surface area (Å²) in [5, 5.41) is 17.4. The van der Waals surface area contributed by atoms with Gasteiger partial charge in [0.25, 0.3) is 0 Å². The minimum atomic E-state index is -0.228. The molecule has 2 N–H and O–H groups in total. The summed E-state index contributed by atoms with van der Waals surface area (Å²) < 4.78 is 0. The highest BCUT2D eigenvalue weighted by Crippen LogP contribution is 2.26. The van der Waals surface area contributed by atoms with Gasteiger partial charge in [-0.1, -0.05) is 48.5 Å². The van der Waals surface area contributed by atoms with Crippen molar-refractivity contribution in [2.24, 2.45) is 5.92 Å². The number of benzene rings is 3. The SMILES string of the molecule is N#Cc1cccc(NC(=O)NCCCN2CCC(Cc3cccc4ccccc34)CC2)c1. The third kappa shape index (κ3) is 5.87. The molecule has 0 bridgehead atoms. The average molecular weight is 427 g/mol. The van der Waals surface area contributed by atoms with Crippen LogP contribution in [0.15, 0.2) is 66.7 Å². The highest BCUT2D eigenvalue weighted by Gasteiger charge is 2.19. The second kappa shape index (κ2) is 10.8. The van der Waals surface area contributed by atoms with Gasteiger partial charge in [0.05, 0.1) is 11.6 Å². The maximum Gasteiger partial charge on any atom is 0.319 e. The molecule has 0 unspecified atom stereocenters. The zero-order valence-electron chi connectivity index (χ0n) is 18.4. The largest absolute Gasteiger partial charge is 0.338 e. The maximum atomic E-state index is 12.1. The summed E-state index contributed by atoms with van der Waals surface area (Å²) in [6.07, 6.45) is 4.54. The van der Waals surface area contributed by atoms with Gasteiger partial charge in [0.1, 0.15) is 0 Å². The number of urea groups is 1. The number of hydrogen-bond acceptors (Lipinski definition) is 3. The third-order valence-electron chi connectivity index (χ3n) is 6.28. The lowest BCUT2D eigenvalue weighted by Crippen LogP contribution is -2.37. The van der Waals surface area contributed by atoms with Gasteiger partial charge in [0, 0.05) is 12.2 Å². The highest BCUT2D eigenvalue weighted by molar-refractivity contribution is 5.89. The summed E-state index contributed by atoms with van der Waals surface area (Å²) in [6.45, 7) is 3.90. The highest BCUT2D eigenvalue weighted by atomic mass is 16.2.